The van der Waals surface area contributed by atoms with Crippen LogP contribution >= 0.6 is 0 Å². The summed E-state index contributed by atoms with van der Waals surface area (Å²) in [6.45, 7) is 5.47. The highest BCUT2D eigenvalue weighted by molar-refractivity contribution is 6.19. The SMILES string of the molecule is CCCC(CCC)OC(=O)/C(=C\c1ccc2ocnc2c1)C(C)=O. The molecule has 5 heteroatoms. The number of carbonyl (C=O) groups excluding carboxylic acids is 2. The summed E-state index contributed by atoms with van der Waals surface area (Å²) in [6.07, 6.45) is 6.23. The second-order valence-electron chi connectivity index (χ2n) is 5.80. The Bertz CT molecular complexity index is 739. The summed E-state index contributed by atoms with van der Waals surface area (Å²) in [5, 5.41) is 0. The van der Waals surface area contributed by atoms with Crippen LogP contribution in [-0.2, 0) is 14.3 Å². The second kappa shape index (κ2) is 8.43. The maximum atomic E-state index is 12.4. The van der Waals surface area contributed by atoms with Gasteiger partial charge in [0.15, 0.2) is 17.8 Å². The normalized spacial score (nSPS) is 11.9. The second-order valence-corrected chi connectivity index (χ2v) is 5.80. The van der Waals surface area contributed by atoms with E-state index in [4.69, 9.17) is 9.15 Å². The highest BCUT2D eigenvalue weighted by Crippen LogP contribution is 2.18. The van der Waals surface area contributed by atoms with Crippen LogP contribution in [0.4, 0.5) is 0 Å². The van der Waals surface area contributed by atoms with Crippen LogP contribution in [0.3, 0.4) is 0 Å². The molecule has 2 aromatic rings. The van der Waals surface area contributed by atoms with Gasteiger partial charge in [-0.2, -0.15) is 0 Å². The largest absolute Gasteiger partial charge is 0.459 e. The molecule has 0 amide bonds. The maximum Gasteiger partial charge on any atom is 0.342 e. The van der Waals surface area contributed by atoms with Crippen molar-refractivity contribution in [1.82, 2.24) is 4.98 Å². The smallest absolute Gasteiger partial charge is 0.342 e. The molecule has 0 spiro atoms. The molecule has 0 aliphatic heterocycles. The fourth-order valence-corrected chi connectivity index (χ4v) is 2.56. The van der Waals surface area contributed by atoms with Crippen molar-refractivity contribution in [1.29, 1.82) is 0 Å². The lowest BCUT2D eigenvalue weighted by Gasteiger charge is -2.17. The number of fused-ring (bicyclic) bond motifs is 1. The Morgan fingerprint density at radius 1 is 1.25 bits per heavy atom. The van der Waals surface area contributed by atoms with Crippen LogP contribution in [0.2, 0.25) is 0 Å². The van der Waals surface area contributed by atoms with Gasteiger partial charge in [0.1, 0.15) is 17.2 Å². The summed E-state index contributed by atoms with van der Waals surface area (Å²) in [5.74, 6) is -0.873. The van der Waals surface area contributed by atoms with E-state index < -0.39 is 5.97 Å². The van der Waals surface area contributed by atoms with Crippen LogP contribution in [0.1, 0.15) is 52.0 Å². The molecule has 0 radical (unpaired) electrons. The summed E-state index contributed by atoms with van der Waals surface area (Å²) in [6, 6.07) is 5.30. The Morgan fingerprint density at radius 2 is 1.96 bits per heavy atom. The Hall–Kier alpha value is -2.43. The first-order valence-electron chi connectivity index (χ1n) is 8.32. The van der Waals surface area contributed by atoms with Gasteiger partial charge in [0.2, 0.25) is 0 Å². The first kappa shape index (κ1) is 17.9. The fraction of sp³-hybridized carbons (Fsp3) is 0.421. The van der Waals surface area contributed by atoms with E-state index in [0.717, 1.165) is 25.7 Å². The number of ketones is 1. The molecule has 0 unspecified atom stereocenters. The number of benzene rings is 1. The number of Topliss-reactive ketones (excluding diaryl/α,β-unsaturated/α-hetero) is 1. The molecule has 128 valence electrons. The summed E-state index contributed by atoms with van der Waals surface area (Å²) >= 11 is 0. The fourth-order valence-electron chi connectivity index (χ4n) is 2.56. The maximum absolute atomic E-state index is 12.4. The zero-order valence-electron chi connectivity index (χ0n) is 14.4. The van der Waals surface area contributed by atoms with Gasteiger partial charge in [-0.25, -0.2) is 9.78 Å². The van der Waals surface area contributed by atoms with Crippen molar-refractivity contribution < 1.29 is 18.7 Å². The first-order chi connectivity index (χ1) is 11.5. The molecule has 1 heterocycles. The number of hydrogen-bond acceptors (Lipinski definition) is 5. The molecule has 1 aromatic heterocycles. The predicted molar refractivity (Wildman–Crippen MR) is 92.4 cm³/mol. The number of ether oxygens (including phenoxy) is 1. The molecule has 0 N–H and O–H groups in total. The van der Waals surface area contributed by atoms with Crippen molar-refractivity contribution in [2.75, 3.05) is 0 Å². The molecule has 0 aliphatic carbocycles. The average molecular weight is 329 g/mol. The molecule has 0 atom stereocenters. The molecule has 1 aromatic carbocycles. The Kier molecular flexibility index (Phi) is 6.29. The van der Waals surface area contributed by atoms with Gasteiger partial charge in [-0.15, -0.1) is 0 Å². The summed E-state index contributed by atoms with van der Waals surface area (Å²) in [4.78, 5) is 28.4. The molecular formula is C19H23NO4. The van der Waals surface area contributed by atoms with Crippen LogP contribution in [0.5, 0.6) is 0 Å². The Balaban J connectivity index is 2.23. The third-order valence-corrected chi connectivity index (χ3v) is 3.76. The number of aromatic nitrogens is 1. The number of rotatable bonds is 8. The minimum Gasteiger partial charge on any atom is -0.459 e. The number of carbonyl (C=O) groups is 2. The van der Waals surface area contributed by atoms with Crippen LogP contribution in [-0.4, -0.2) is 22.8 Å². The van der Waals surface area contributed by atoms with Gasteiger partial charge in [-0.05, 0) is 43.5 Å². The van der Waals surface area contributed by atoms with E-state index in [1.807, 2.05) is 13.8 Å². The zero-order chi connectivity index (χ0) is 17.5. The van der Waals surface area contributed by atoms with Gasteiger partial charge in [-0.3, -0.25) is 4.79 Å². The van der Waals surface area contributed by atoms with Gasteiger partial charge < -0.3 is 9.15 Å². The lowest BCUT2D eigenvalue weighted by Crippen LogP contribution is -2.21. The molecule has 0 saturated heterocycles. The summed E-state index contributed by atoms with van der Waals surface area (Å²) in [5.41, 5.74) is 2.09. The van der Waals surface area contributed by atoms with Crippen molar-refractivity contribution in [2.24, 2.45) is 0 Å². The van der Waals surface area contributed by atoms with E-state index in [1.165, 1.54) is 13.3 Å². The summed E-state index contributed by atoms with van der Waals surface area (Å²) < 4.78 is 10.7. The third kappa shape index (κ3) is 4.54. The van der Waals surface area contributed by atoms with Crippen LogP contribution < -0.4 is 0 Å². The number of hydrogen-bond donors (Lipinski definition) is 0. The van der Waals surface area contributed by atoms with Crippen molar-refractivity contribution in [3.05, 3.63) is 35.7 Å². The van der Waals surface area contributed by atoms with E-state index in [1.54, 1.807) is 24.3 Å². The highest BCUT2D eigenvalue weighted by atomic mass is 16.5. The molecule has 24 heavy (non-hydrogen) atoms. The van der Waals surface area contributed by atoms with Gasteiger partial charge in [0.25, 0.3) is 0 Å². The van der Waals surface area contributed by atoms with Crippen molar-refractivity contribution in [3.63, 3.8) is 0 Å². The lowest BCUT2D eigenvalue weighted by atomic mass is 10.1. The van der Waals surface area contributed by atoms with Gasteiger partial charge in [-0.1, -0.05) is 32.8 Å². The van der Waals surface area contributed by atoms with Crippen molar-refractivity contribution >= 4 is 28.9 Å². The van der Waals surface area contributed by atoms with Crippen molar-refractivity contribution in [3.8, 4) is 0 Å². The lowest BCUT2D eigenvalue weighted by molar-refractivity contribution is -0.145. The molecule has 0 bridgehead atoms. The minimum absolute atomic E-state index is 0.0510. The van der Waals surface area contributed by atoms with Crippen LogP contribution in [0.25, 0.3) is 17.2 Å². The molecular weight excluding hydrogens is 306 g/mol. The van der Waals surface area contributed by atoms with E-state index in [9.17, 15) is 9.59 Å². The zero-order valence-corrected chi connectivity index (χ0v) is 14.4. The third-order valence-electron chi connectivity index (χ3n) is 3.76. The van der Waals surface area contributed by atoms with Crippen molar-refractivity contribution in [2.45, 2.75) is 52.6 Å². The number of oxazole rings is 1. The summed E-state index contributed by atoms with van der Waals surface area (Å²) in [7, 11) is 0. The molecule has 0 aliphatic rings. The van der Waals surface area contributed by atoms with Gasteiger partial charge in [0.05, 0.1) is 0 Å². The van der Waals surface area contributed by atoms with E-state index in [2.05, 4.69) is 4.98 Å². The Labute approximate surface area is 141 Å². The number of esters is 1. The first-order valence-corrected chi connectivity index (χ1v) is 8.32. The van der Waals surface area contributed by atoms with Gasteiger partial charge in [0, 0.05) is 0 Å². The number of nitrogens with zero attached hydrogens (tertiary/aromatic N) is 1. The average Bonchev–Trinajstić information content (AvgIpc) is 3.00. The standard InChI is InChI=1S/C19H23NO4/c1-4-6-15(7-5-2)24-19(22)16(13(3)21)10-14-8-9-18-17(11-14)20-12-23-18/h8-12,15H,4-7H2,1-3H3/b16-10-. The minimum atomic E-state index is -0.561. The van der Waals surface area contributed by atoms with E-state index in [-0.39, 0.29) is 17.5 Å². The van der Waals surface area contributed by atoms with Crippen LogP contribution in [0.15, 0.2) is 34.6 Å². The van der Waals surface area contributed by atoms with Gasteiger partial charge >= 0.3 is 5.97 Å². The molecule has 2 rings (SSSR count). The topological polar surface area (TPSA) is 69.4 Å². The quantitative estimate of drug-likeness (QED) is 0.312. The Morgan fingerprint density at radius 3 is 2.58 bits per heavy atom. The predicted octanol–water partition coefficient (Wildman–Crippen LogP) is 4.31. The highest BCUT2D eigenvalue weighted by Gasteiger charge is 2.20. The molecule has 0 fully saturated rings. The van der Waals surface area contributed by atoms with E-state index in [0.29, 0.717) is 16.7 Å². The monoisotopic (exact) mass is 329 g/mol. The van der Waals surface area contributed by atoms with E-state index >= 15 is 0 Å². The molecule has 0 saturated carbocycles. The molecule has 5 nitrogen and oxygen atoms in total. The van der Waals surface area contributed by atoms with Crippen LogP contribution in [0, 0.1) is 0 Å².